The fraction of sp³-hybridized carbons (Fsp3) is 0.125. The summed E-state index contributed by atoms with van der Waals surface area (Å²) in [5.41, 5.74) is 3.51. The summed E-state index contributed by atoms with van der Waals surface area (Å²) in [7, 11) is 1.58. The number of hydrogen-bond donors (Lipinski definition) is 1. The largest absolute Gasteiger partial charge is 0.497 e. The summed E-state index contributed by atoms with van der Waals surface area (Å²) >= 11 is 1.13. The number of ketones is 1. The molecule has 2 aromatic carbocycles. The molecule has 0 saturated heterocycles. The van der Waals surface area contributed by atoms with Crippen molar-refractivity contribution < 1.29 is 14.5 Å². The van der Waals surface area contributed by atoms with Crippen LogP contribution in [0.25, 0.3) is 0 Å². The molecule has 1 N–H and O–H groups in total. The maximum absolute atomic E-state index is 11.7. The number of nitro benzene ring substituents is 1. The van der Waals surface area contributed by atoms with Gasteiger partial charge in [0.05, 0.1) is 17.7 Å². The third kappa shape index (κ3) is 4.82. The minimum Gasteiger partial charge on any atom is -0.497 e. The van der Waals surface area contributed by atoms with E-state index in [4.69, 9.17) is 4.74 Å². The molecule has 0 aliphatic heterocycles. The van der Waals surface area contributed by atoms with E-state index in [2.05, 4.69) is 10.5 Å². The van der Waals surface area contributed by atoms with Crippen molar-refractivity contribution in [2.24, 2.45) is 5.10 Å². The Hall–Kier alpha value is -2.87. The number of carbonyl (C=O) groups is 1. The van der Waals surface area contributed by atoms with Gasteiger partial charge in [-0.1, -0.05) is 11.8 Å². The predicted molar refractivity (Wildman–Crippen MR) is 93.7 cm³/mol. The van der Waals surface area contributed by atoms with Gasteiger partial charge in [0.1, 0.15) is 5.75 Å². The molecular weight excluding hydrogens is 330 g/mol. The van der Waals surface area contributed by atoms with Crippen LogP contribution in [-0.2, 0) is 4.79 Å². The first-order valence-corrected chi connectivity index (χ1v) is 7.72. The Balaban J connectivity index is 2.10. The number of Topliss-reactive ketones (excluding diaryl/α,β-unsaturated/α-hetero) is 1. The molecule has 0 saturated carbocycles. The highest BCUT2D eigenvalue weighted by atomic mass is 32.2. The lowest BCUT2D eigenvalue weighted by molar-refractivity contribution is -0.384. The molecule has 24 heavy (non-hydrogen) atoms. The number of rotatable bonds is 6. The van der Waals surface area contributed by atoms with Gasteiger partial charge >= 0.3 is 0 Å². The molecule has 124 valence electrons. The van der Waals surface area contributed by atoms with Gasteiger partial charge in [0, 0.05) is 24.0 Å². The van der Waals surface area contributed by atoms with E-state index in [-0.39, 0.29) is 16.5 Å². The van der Waals surface area contributed by atoms with E-state index in [0.29, 0.717) is 10.6 Å². The second-order valence-electron chi connectivity index (χ2n) is 4.67. The van der Waals surface area contributed by atoms with E-state index in [1.807, 2.05) is 0 Å². The van der Waals surface area contributed by atoms with Crippen molar-refractivity contribution in [2.45, 2.75) is 11.8 Å². The van der Waals surface area contributed by atoms with Crippen LogP contribution in [0.4, 0.5) is 11.4 Å². The van der Waals surface area contributed by atoms with Gasteiger partial charge in [-0.2, -0.15) is 5.10 Å². The van der Waals surface area contributed by atoms with Gasteiger partial charge in [0.15, 0.2) is 10.8 Å². The fourth-order valence-electron chi connectivity index (χ4n) is 1.70. The zero-order chi connectivity index (χ0) is 17.5. The molecule has 0 heterocycles. The summed E-state index contributed by atoms with van der Waals surface area (Å²) in [4.78, 5) is 22.6. The Morgan fingerprint density at radius 2 is 1.79 bits per heavy atom. The van der Waals surface area contributed by atoms with Crippen molar-refractivity contribution in [1.29, 1.82) is 0 Å². The summed E-state index contributed by atoms with van der Waals surface area (Å²) in [5, 5.41) is 15.0. The number of carbonyl (C=O) groups excluding carboxylic acids is 1. The molecule has 0 unspecified atom stereocenters. The normalized spacial score (nSPS) is 11.0. The first-order chi connectivity index (χ1) is 11.5. The van der Waals surface area contributed by atoms with Gasteiger partial charge in [-0.25, -0.2) is 0 Å². The van der Waals surface area contributed by atoms with Crippen molar-refractivity contribution in [2.75, 3.05) is 12.5 Å². The average molecular weight is 345 g/mol. The number of hydrogen-bond acceptors (Lipinski definition) is 7. The number of methoxy groups -OCH3 is 1. The van der Waals surface area contributed by atoms with Crippen molar-refractivity contribution in [3.8, 4) is 5.75 Å². The summed E-state index contributed by atoms with van der Waals surface area (Å²) in [6.07, 6.45) is 0. The summed E-state index contributed by atoms with van der Waals surface area (Å²) in [6.45, 7) is 1.41. The second kappa shape index (κ2) is 8.11. The quantitative estimate of drug-likeness (QED) is 0.282. The third-order valence-corrected chi connectivity index (χ3v) is 4.02. The first-order valence-electron chi connectivity index (χ1n) is 6.90. The maximum atomic E-state index is 11.7. The van der Waals surface area contributed by atoms with Crippen LogP contribution < -0.4 is 10.2 Å². The highest BCUT2D eigenvalue weighted by Gasteiger charge is 2.11. The van der Waals surface area contributed by atoms with Crippen LogP contribution in [0.3, 0.4) is 0 Å². The zero-order valence-electron chi connectivity index (χ0n) is 13.1. The SMILES string of the molecule is COc1ccc(NN=C(Sc2ccc([N+](=O)[O-])cc2)C(C)=O)cc1. The van der Waals surface area contributed by atoms with E-state index in [0.717, 1.165) is 17.5 Å². The predicted octanol–water partition coefficient (Wildman–Crippen LogP) is 3.71. The molecule has 0 fully saturated rings. The van der Waals surface area contributed by atoms with E-state index in [1.165, 1.54) is 19.1 Å². The van der Waals surface area contributed by atoms with Crippen molar-refractivity contribution in [1.82, 2.24) is 0 Å². The van der Waals surface area contributed by atoms with Crippen LogP contribution >= 0.6 is 11.8 Å². The lowest BCUT2D eigenvalue weighted by Crippen LogP contribution is -2.08. The average Bonchev–Trinajstić information content (AvgIpc) is 2.59. The monoisotopic (exact) mass is 345 g/mol. The fourth-order valence-corrected chi connectivity index (χ4v) is 2.43. The Kier molecular flexibility index (Phi) is 5.91. The standard InChI is InChI=1S/C16H15N3O4S/c1-11(20)16(18-17-12-3-7-14(23-2)8-4-12)24-15-9-5-13(6-10-15)19(21)22/h3-10,17H,1-2H3. The molecule has 0 aliphatic carbocycles. The summed E-state index contributed by atoms with van der Waals surface area (Å²) in [6, 6.07) is 13.0. The van der Waals surface area contributed by atoms with Gasteiger partial charge < -0.3 is 4.74 Å². The van der Waals surface area contributed by atoms with E-state index in [9.17, 15) is 14.9 Å². The van der Waals surface area contributed by atoms with Crippen LogP contribution in [0.5, 0.6) is 5.75 Å². The maximum Gasteiger partial charge on any atom is 0.269 e. The van der Waals surface area contributed by atoms with Crippen molar-refractivity contribution in [3.63, 3.8) is 0 Å². The van der Waals surface area contributed by atoms with Crippen LogP contribution in [-0.4, -0.2) is 22.9 Å². The van der Waals surface area contributed by atoms with Gasteiger partial charge in [0.25, 0.3) is 5.69 Å². The number of anilines is 1. The van der Waals surface area contributed by atoms with Crippen LogP contribution in [0.2, 0.25) is 0 Å². The van der Waals surface area contributed by atoms with E-state index < -0.39 is 4.92 Å². The second-order valence-corrected chi connectivity index (χ2v) is 5.73. The third-order valence-electron chi connectivity index (χ3n) is 2.94. The molecule has 0 aliphatic rings. The molecule has 2 rings (SSSR count). The Morgan fingerprint density at radius 3 is 2.29 bits per heavy atom. The molecular formula is C16H15N3O4S. The molecule has 0 spiro atoms. The van der Waals surface area contributed by atoms with Gasteiger partial charge in [-0.05, 0) is 36.4 Å². The number of thioether (sulfide) groups is 1. The summed E-state index contributed by atoms with van der Waals surface area (Å²) < 4.78 is 5.07. The molecule has 0 bridgehead atoms. The minimum atomic E-state index is -0.473. The Morgan fingerprint density at radius 1 is 1.17 bits per heavy atom. The number of non-ortho nitro benzene ring substituents is 1. The van der Waals surface area contributed by atoms with Crippen molar-refractivity contribution >= 4 is 34.0 Å². The highest BCUT2D eigenvalue weighted by Crippen LogP contribution is 2.23. The number of ether oxygens (including phenoxy) is 1. The van der Waals surface area contributed by atoms with Gasteiger partial charge in [0.2, 0.25) is 0 Å². The topological polar surface area (TPSA) is 93.8 Å². The minimum absolute atomic E-state index is 0.00276. The summed E-state index contributed by atoms with van der Waals surface area (Å²) in [5.74, 6) is 0.510. The Bertz CT molecular complexity index is 758. The lowest BCUT2D eigenvalue weighted by atomic mass is 10.3. The Labute approximate surface area is 142 Å². The number of nitrogens with zero attached hydrogens (tertiary/aromatic N) is 2. The smallest absolute Gasteiger partial charge is 0.269 e. The molecule has 0 amide bonds. The number of nitrogens with one attached hydrogen (secondary N) is 1. The first kappa shape index (κ1) is 17.5. The van der Waals surface area contributed by atoms with E-state index >= 15 is 0 Å². The molecule has 0 aromatic heterocycles. The molecule has 8 heteroatoms. The number of benzene rings is 2. The van der Waals surface area contributed by atoms with Gasteiger partial charge in [-0.3, -0.25) is 20.3 Å². The highest BCUT2D eigenvalue weighted by molar-refractivity contribution is 8.15. The van der Waals surface area contributed by atoms with Crippen molar-refractivity contribution in [3.05, 3.63) is 58.6 Å². The van der Waals surface area contributed by atoms with Gasteiger partial charge in [-0.15, -0.1) is 0 Å². The van der Waals surface area contributed by atoms with Crippen LogP contribution in [0.15, 0.2) is 58.5 Å². The van der Waals surface area contributed by atoms with Crippen LogP contribution in [0.1, 0.15) is 6.92 Å². The molecule has 7 nitrogen and oxygen atoms in total. The number of nitro groups is 1. The van der Waals surface area contributed by atoms with E-state index in [1.54, 1.807) is 43.5 Å². The van der Waals surface area contributed by atoms with Crippen LogP contribution in [0, 0.1) is 10.1 Å². The molecule has 0 atom stereocenters. The lowest BCUT2D eigenvalue weighted by Gasteiger charge is -2.06. The molecule has 2 aromatic rings. The number of hydrazone groups is 1. The zero-order valence-corrected chi connectivity index (χ0v) is 13.9. The molecule has 0 radical (unpaired) electrons.